The highest BCUT2D eigenvalue weighted by molar-refractivity contribution is 5.95. The van der Waals surface area contributed by atoms with Crippen LogP contribution in [0.4, 0.5) is 5.95 Å². The standard InChI is InChI=1S/C15H17N5O/c1-8-4-6-11(7-5-8)13-12(14(16)21)9(2)17-15-18-10(3)19-20(13)15/h4-7,13H,1-3H3,(H2,16,21)(H,17,18,19)/t13-/m0/s1. The number of aryl methyl sites for hydroxylation is 2. The minimum absolute atomic E-state index is 0.347. The minimum Gasteiger partial charge on any atom is -0.366 e. The first-order valence-electron chi connectivity index (χ1n) is 6.74. The molecule has 3 N–H and O–H groups in total. The van der Waals surface area contributed by atoms with Crippen LogP contribution in [-0.2, 0) is 4.79 Å². The Labute approximate surface area is 122 Å². The van der Waals surface area contributed by atoms with Crippen LogP contribution in [0.3, 0.4) is 0 Å². The second kappa shape index (κ2) is 4.73. The van der Waals surface area contributed by atoms with E-state index in [9.17, 15) is 4.79 Å². The Bertz CT molecular complexity index is 742. The van der Waals surface area contributed by atoms with E-state index >= 15 is 0 Å². The molecule has 0 aliphatic carbocycles. The molecule has 0 saturated heterocycles. The third kappa shape index (κ3) is 2.18. The summed E-state index contributed by atoms with van der Waals surface area (Å²) in [6.45, 7) is 5.67. The normalized spacial score (nSPS) is 17.4. The Morgan fingerprint density at radius 1 is 1.24 bits per heavy atom. The van der Waals surface area contributed by atoms with Crippen LogP contribution < -0.4 is 11.1 Å². The van der Waals surface area contributed by atoms with Crippen molar-refractivity contribution in [2.24, 2.45) is 5.73 Å². The van der Waals surface area contributed by atoms with Crippen LogP contribution in [0.15, 0.2) is 35.5 Å². The predicted octanol–water partition coefficient (Wildman–Crippen LogP) is 1.67. The lowest BCUT2D eigenvalue weighted by molar-refractivity contribution is -0.115. The number of allylic oxidation sites excluding steroid dienone is 1. The first-order chi connectivity index (χ1) is 9.97. The van der Waals surface area contributed by atoms with Crippen molar-refractivity contribution in [3.05, 3.63) is 52.5 Å². The van der Waals surface area contributed by atoms with Gasteiger partial charge in [0.2, 0.25) is 11.9 Å². The Morgan fingerprint density at radius 3 is 2.52 bits per heavy atom. The molecular formula is C15H17N5O. The Morgan fingerprint density at radius 2 is 1.90 bits per heavy atom. The first-order valence-corrected chi connectivity index (χ1v) is 6.74. The van der Waals surface area contributed by atoms with E-state index in [0.29, 0.717) is 23.0 Å². The summed E-state index contributed by atoms with van der Waals surface area (Å²) in [7, 11) is 0. The van der Waals surface area contributed by atoms with Crippen LogP contribution in [0, 0.1) is 13.8 Å². The van der Waals surface area contributed by atoms with Gasteiger partial charge in [0.25, 0.3) is 0 Å². The Balaban J connectivity index is 2.21. The van der Waals surface area contributed by atoms with Crippen LogP contribution >= 0.6 is 0 Å². The fourth-order valence-electron chi connectivity index (χ4n) is 2.63. The predicted molar refractivity (Wildman–Crippen MR) is 79.6 cm³/mol. The molecule has 0 unspecified atom stereocenters. The van der Waals surface area contributed by atoms with Crippen LogP contribution in [-0.4, -0.2) is 20.7 Å². The third-order valence-electron chi connectivity index (χ3n) is 3.62. The summed E-state index contributed by atoms with van der Waals surface area (Å²) < 4.78 is 1.72. The molecule has 6 heteroatoms. The number of carbonyl (C=O) groups excluding carboxylic acids is 1. The van der Waals surface area contributed by atoms with Gasteiger partial charge in [0.15, 0.2) is 0 Å². The smallest absolute Gasteiger partial charge is 0.248 e. The lowest BCUT2D eigenvalue weighted by atomic mass is 9.95. The molecular weight excluding hydrogens is 266 g/mol. The number of nitrogens with zero attached hydrogens (tertiary/aromatic N) is 3. The lowest BCUT2D eigenvalue weighted by Crippen LogP contribution is -2.31. The van der Waals surface area contributed by atoms with Crippen molar-refractivity contribution in [3.63, 3.8) is 0 Å². The molecule has 3 rings (SSSR count). The van der Waals surface area contributed by atoms with Gasteiger partial charge in [0, 0.05) is 5.70 Å². The van der Waals surface area contributed by atoms with Gasteiger partial charge in [-0.05, 0) is 26.3 Å². The number of anilines is 1. The summed E-state index contributed by atoms with van der Waals surface area (Å²) in [5.41, 5.74) is 8.92. The van der Waals surface area contributed by atoms with E-state index in [4.69, 9.17) is 5.73 Å². The van der Waals surface area contributed by atoms with Crippen molar-refractivity contribution >= 4 is 11.9 Å². The van der Waals surface area contributed by atoms with Crippen LogP contribution in [0.1, 0.15) is 29.9 Å². The van der Waals surface area contributed by atoms with Crippen molar-refractivity contribution in [2.75, 3.05) is 5.32 Å². The van der Waals surface area contributed by atoms with Crippen molar-refractivity contribution in [1.82, 2.24) is 14.8 Å². The molecule has 0 spiro atoms. The van der Waals surface area contributed by atoms with E-state index in [1.807, 2.05) is 45.0 Å². The topological polar surface area (TPSA) is 85.8 Å². The number of aromatic nitrogens is 3. The van der Waals surface area contributed by atoms with E-state index in [2.05, 4.69) is 15.4 Å². The highest BCUT2D eigenvalue weighted by Crippen LogP contribution is 2.34. The molecule has 2 aromatic rings. The van der Waals surface area contributed by atoms with E-state index in [-0.39, 0.29) is 6.04 Å². The molecule has 2 heterocycles. The molecule has 1 atom stereocenters. The zero-order chi connectivity index (χ0) is 15.1. The van der Waals surface area contributed by atoms with Crippen LogP contribution in [0.25, 0.3) is 0 Å². The van der Waals surface area contributed by atoms with Gasteiger partial charge in [-0.3, -0.25) is 4.79 Å². The fourth-order valence-corrected chi connectivity index (χ4v) is 2.63. The van der Waals surface area contributed by atoms with Crippen LogP contribution in [0.5, 0.6) is 0 Å². The van der Waals surface area contributed by atoms with Gasteiger partial charge in [0.05, 0.1) is 5.57 Å². The number of rotatable bonds is 2. The van der Waals surface area contributed by atoms with Crippen molar-refractivity contribution in [1.29, 1.82) is 0 Å². The number of hydrogen-bond acceptors (Lipinski definition) is 4. The number of carbonyl (C=O) groups is 1. The summed E-state index contributed by atoms with van der Waals surface area (Å²) >= 11 is 0. The third-order valence-corrected chi connectivity index (χ3v) is 3.62. The van der Waals surface area contributed by atoms with Gasteiger partial charge in [-0.1, -0.05) is 29.8 Å². The Hall–Kier alpha value is -2.63. The zero-order valence-electron chi connectivity index (χ0n) is 12.2. The zero-order valence-corrected chi connectivity index (χ0v) is 12.2. The number of hydrogen-bond donors (Lipinski definition) is 2. The van der Waals surface area contributed by atoms with Gasteiger partial charge >= 0.3 is 0 Å². The molecule has 108 valence electrons. The maximum Gasteiger partial charge on any atom is 0.248 e. The van der Waals surface area contributed by atoms with E-state index < -0.39 is 5.91 Å². The molecule has 0 bridgehead atoms. The summed E-state index contributed by atoms with van der Waals surface area (Å²) in [6.07, 6.45) is 0. The van der Waals surface area contributed by atoms with E-state index in [1.54, 1.807) is 4.68 Å². The molecule has 0 radical (unpaired) electrons. The van der Waals surface area contributed by atoms with Crippen molar-refractivity contribution in [3.8, 4) is 0 Å². The summed E-state index contributed by atoms with van der Waals surface area (Å²) in [5, 5.41) is 7.49. The van der Waals surface area contributed by atoms with Crippen LogP contribution in [0.2, 0.25) is 0 Å². The minimum atomic E-state index is -0.454. The van der Waals surface area contributed by atoms with E-state index in [0.717, 1.165) is 11.1 Å². The van der Waals surface area contributed by atoms with Gasteiger partial charge in [-0.15, -0.1) is 0 Å². The molecule has 1 aliphatic heterocycles. The van der Waals surface area contributed by atoms with Gasteiger partial charge in [-0.25, -0.2) is 4.68 Å². The highest BCUT2D eigenvalue weighted by atomic mass is 16.1. The second-order valence-electron chi connectivity index (χ2n) is 5.27. The molecule has 1 aromatic heterocycles. The van der Waals surface area contributed by atoms with Crippen molar-refractivity contribution < 1.29 is 4.79 Å². The Kier molecular flexibility index (Phi) is 3.01. The quantitative estimate of drug-likeness (QED) is 0.877. The maximum atomic E-state index is 11.9. The average Bonchev–Trinajstić information content (AvgIpc) is 2.77. The molecule has 21 heavy (non-hydrogen) atoms. The monoisotopic (exact) mass is 283 g/mol. The largest absolute Gasteiger partial charge is 0.366 e. The highest BCUT2D eigenvalue weighted by Gasteiger charge is 2.32. The summed E-state index contributed by atoms with van der Waals surface area (Å²) in [6, 6.07) is 7.65. The number of fused-ring (bicyclic) bond motifs is 1. The summed E-state index contributed by atoms with van der Waals surface area (Å²) in [5.74, 6) is 0.818. The molecule has 1 amide bonds. The number of nitrogens with two attached hydrogens (primary N) is 1. The SMILES string of the molecule is CC1=C(C(N)=O)[C@H](c2ccc(C)cc2)n2nc(C)nc2N1. The molecule has 0 saturated carbocycles. The van der Waals surface area contributed by atoms with E-state index in [1.165, 1.54) is 0 Å². The fraction of sp³-hybridized carbons (Fsp3) is 0.267. The average molecular weight is 283 g/mol. The van der Waals surface area contributed by atoms with Crippen molar-refractivity contribution in [2.45, 2.75) is 26.8 Å². The second-order valence-corrected chi connectivity index (χ2v) is 5.27. The van der Waals surface area contributed by atoms with Gasteiger partial charge in [0.1, 0.15) is 11.9 Å². The lowest BCUT2D eigenvalue weighted by Gasteiger charge is -2.27. The number of primary amides is 1. The molecule has 1 aliphatic rings. The van der Waals surface area contributed by atoms with Gasteiger partial charge in [-0.2, -0.15) is 10.1 Å². The number of amides is 1. The van der Waals surface area contributed by atoms with Gasteiger partial charge < -0.3 is 11.1 Å². The molecule has 6 nitrogen and oxygen atoms in total. The maximum absolute atomic E-state index is 11.9. The number of nitrogens with one attached hydrogen (secondary N) is 1. The molecule has 0 fully saturated rings. The molecule has 1 aromatic carbocycles. The first kappa shape index (κ1) is 13.4. The summed E-state index contributed by atoms with van der Waals surface area (Å²) in [4.78, 5) is 16.2. The number of benzene rings is 1.